The first-order chi connectivity index (χ1) is 0. The molecule has 0 spiro atoms. The summed E-state index contributed by atoms with van der Waals surface area (Å²) in [7, 11) is 0. The van der Waals surface area contributed by atoms with Crippen molar-refractivity contribution in [3.8, 4) is 0 Å². The molecule has 0 amide bonds. The van der Waals surface area contributed by atoms with Crippen LogP contribution in [0.1, 0.15) is 0 Å². The molecular weight excluding hydrogens is 261 g/mol. The second-order valence-corrected chi connectivity index (χ2v) is 0. The maximum atomic E-state index is 0. The van der Waals surface area contributed by atoms with Gasteiger partial charge in [0.25, 0.3) is 0 Å². The van der Waals surface area contributed by atoms with Gasteiger partial charge >= 0.3 is 0 Å². The van der Waals surface area contributed by atoms with Crippen LogP contribution in [0.3, 0.4) is 0 Å². The molecule has 0 N–H and O–H groups in total. The molecule has 0 aliphatic heterocycles. The Morgan fingerprint density at radius 3 is 1.00 bits per heavy atom. The Balaban J connectivity index is 0. The third-order valence-electron chi connectivity index (χ3n) is 0. The normalized spacial score (nSPS) is 0. The van der Waals surface area contributed by atoms with Gasteiger partial charge in [-0.05, 0) is 0 Å². The van der Waals surface area contributed by atoms with Crippen LogP contribution in [0.5, 0.6) is 0 Å². The largest absolute Gasteiger partial charge is 0 e. The Kier molecular flexibility index (Phi) is 375. The molecule has 0 aliphatic carbocycles. The molecule has 0 aliphatic rings. The average Bonchev–Trinajstić information content (AvgIpc) is 0. The van der Waals surface area contributed by atoms with E-state index in [0.717, 1.165) is 0 Å². The van der Waals surface area contributed by atoms with E-state index >= 15 is 0 Å². The van der Waals surface area contributed by atoms with E-state index in [2.05, 4.69) is 0 Å². The van der Waals surface area contributed by atoms with Gasteiger partial charge in [0, 0.05) is 78.7 Å². The van der Waals surface area contributed by atoms with Crippen LogP contribution >= 0.6 is 0 Å². The average molecular weight is 261 g/mol. The molecule has 0 aromatic carbocycles. The molecule has 0 unspecified atom stereocenters. The molecule has 40 valence electrons. The fraction of sp³-hybridized carbons (Fsp3) is 0. The fourth-order valence-corrected chi connectivity index (χ4v) is 0. The van der Waals surface area contributed by atoms with Crippen molar-refractivity contribution in [3.63, 3.8) is 0 Å². The number of hydrogen-bond donors (Lipinski definition) is 0. The Bertz CT molecular complexity index is 11.6. The van der Waals surface area contributed by atoms with Crippen LogP contribution in [0.4, 0.5) is 0 Å². The smallest absolute Gasteiger partial charge is 0 e. The van der Waals surface area contributed by atoms with Crippen LogP contribution in [0.15, 0.2) is 0 Å². The quantitative estimate of drug-likeness (QED) is 0.521. The molecule has 0 saturated carbocycles. The molecule has 0 aromatic heterocycles. The van der Waals surface area contributed by atoms with E-state index < -0.39 is 0 Å². The molecule has 0 saturated heterocycles. The molecule has 0 bridgehead atoms. The molecule has 6 radical (unpaired) electrons. The van der Waals surface area contributed by atoms with Crippen molar-refractivity contribution in [1.82, 2.24) is 0 Å². The van der Waals surface area contributed by atoms with Gasteiger partial charge in [-0.3, -0.25) is 0 Å². The SMILES string of the molecule is [Cu].[Fe].[Mn].[Ni].[Si]. The molecule has 0 fully saturated rings. The molecule has 0 atom stereocenters. The van der Waals surface area contributed by atoms with Crippen molar-refractivity contribution >= 4 is 11.0 Å². The zero-order valence-corrected chi connectivity index (χ0v) is 7.06. The van der Waals surface area contributed by atoms with Gasteiger partial charge in [-0.1, -0.05) is 0 Å². The Hall–Kier alpha value is 2.27. The maximum absolute atomic E-state index is 0. The minimum atomic E-state index is 0. The van der Waals surface area contributed by atoms with Crippen molar-refractivity contribution < 1.29 is 67.7 Å². The fourth-order valence-electron chi connectivity index (χ4n) is 0. The van der Waals surface area contributed by atoms with Crippen LogP contribution in [0.2, 0.25) is 0 Å². The molecule has 0 aromatic rings. The Morgan fingerprint density at radius 2 is 1.00 bits per heavy atom. The summed E-state index contributed by atoms with van der Waals surface area (Å²) < 4.78 is 0. The van der Waals surface area contributed by atoms with E-state index in [1.54, 1.807) is 0 Å². The molecular formula is CuFeMnNiSi. The van der Waals surface area contributed by atoms with Crippen LogP contribution < -0.4 is 0 Å². The maximum Gasteiger partial charge on any atom is 0 e. The van der Waals surface area contributed by atoms with Gasteiger partial charge in [0.1, 0.15) is 0 Å². The summed E-state index contributed by atoms with van der Waals surface area (Å²) in [6.45, 7) is 0. The summed E-state index contributed by atoms with van der Waals surface area (Å²) in [5.41, 5.74) is 0. The summed E-state index contributed by atoms with van der Waals surface area (Å²) >= 11 is 0. The molecule has 0 heterocycles. The van der Waals surface area contributed by atoms with Crippen LogP contribution in [0, 0.1) is 0 Å². The Labute approximate surface area is 78.0 Å². The summed E-state index contributed by atoms with van der Waals surface area (Å²) in [4.78, 5) is 0. The van der Waals surface area contributed by atoms with Crippen molar-refractivity contribution in [1.29, 1.82) is 0 Å². The van der Waals surface area contributed by atoms with E-state index in [-0.39, 0.29) is 78.7 Å². The van der Waals surface area contributed by atoms with Gasteiger partial charge in [0.05, 0.1) is 0 Å². The van der Waals surface area contributed by atoms with E-state index in [1.807, 2.05) is 0 Å². The van der Waals surface area contributed by atoms with Crippen LogP contribution in [-0.2, 0) is 67.7 Å². The molecule has 0 nitrogen and oxygen atoms in total. The summed E-state index contributed by atoms with van der Waals surface area (Å²) in [5.74, 6) is 0. The summed E-state index contributed by atoms with van der Waals surface area (Å²) in [5, 5.41) is 0. The van der Waals surface area contributed by atoms with Gasteiger partial charge in [-0.25, -0.2) is 0 Å². The van der Waals surface area contributed by atoms with E-state index in [0.29, 0.717) is 0 Å². The van der Waals surface area contributed by atoms with Crippen molar-refractivity contribution in [2.45, 2.75) is 0 Å². The number of hydrogen-bond acceptors (Lipinski definition) is 0. The monoisotopic (exact) mass is 260 g/mol. The third kappa shape index (κ3) is 22.2. The van der Waals surface area contributed by atoms with Gasteiger partial charge in [0.15, 0.2) is 0 Å². The van der Waals surface area contributed by atoms with Crippen molar-refractivity contribution in [3.05, 3.63) is 0 Å². The second kappa shape index (κ2) is 33.8. The van der Waals surface area contributed by atoms with Crippen LogP contribution in [0.25, 0.3) is 0 Å². The van der Waals surface area contributed by atoms with Gasteiger partial charge < -0.3 is 0 Å². The molecule has 0 rings (SSSR count). The van der Waals surface area contributed by atoms with E-state index in [4.69, 9.17) is 0 Å². The minimum absolute atomic E-state index is 0. The van der Waals surface area contributed by atoms with Crippen molar-refractivity contribution in [2.75, 3.05) is 0 Å². The van der Waals surface area contributed by atoms with Crippen LogP contribution in [-0.4, -0.2) is 11.0 Å². The van der Waals surface area contributed by atoms with Gasteiger partial charge in [0.2, 0.25) is 0 Å². The van der Waals surface area contributed by atoms with Crippen molar-refractivity contribution in [2.24, 2.45) is 0 Å². The topological polar surface area (TPSA) is 0 Å². The second-order valence-electron chi connectivity index (χ2n) is 0. The molecule has 5 heteroatoms. The first kappa shape index (κ1) is 55.5. The summed E-state index contributed by atoms with van der Waals surface area (Å²) in [6.07, 6.45) is 0. The first-order valence-corrected chi connectivity index (χ1v) is 0. The predicted octanol–water partition coefficient (Wildman–Crippen LogP) is -0.391. The summed E-state index contributed by atoms with van der Waals surface area (Å²) in [6, 6.07) is 0. The van der Waals surface area contributed by atoms with Gasteiger partial charge in [-0.15, -0.1) is 0 Å². The number of rotatable bonds is 0. The third-order valence-corrected chi connectivity index (χ3v) is 0. The minimum Gasteiger partial charge on any atom is 0 e. The zero-order valence-electron chi connectivity index (χ0n) is 1.85. The van der Waals surface area contributed by atoms with E-state index in [9.17, 15) is 0 Å². The molecule has 5 heavy (non-hydrogen) atoms. The van der Waals surface area contributed by atoms with E-state index in [1.165, 1.54) is 0 Å². The first-order valence-electron chi connectivity index (χ1n) is 0. The standard InChI is InChI=1S/Cu.Fe.Mn.Ni.Si. The Morgan fingerprint density at radius 1 is 1.00 bits per heavy atom. The predicted molar refractivity (Wildman–Crippen MR) is 5.75 cm³/mol. The van der Waals surface area contributed by atoms with Gasteiger partial charge in [-0.2, -0.15) is 0 Å². The zero-order chi connectivity index (χ0) is 0.